The lowest BCUT2D eigenvalue weighted by Crippen LogP contribution is -2.62. The Morgan fingerprint density at radius 3 is 1.31 bits per heavy atom. The van der Waals surface area contributed by atoms with Crippen LogP contribution in [0.15, 0.2) is 0 Å². The summed E-state index contributed by atoms with van der Waals surface area (Å²) < 4.78 is 176. The Morgan fingerprint density at radius 1 is 0.594 bits per heavy atom. The third-order valence-electron chi connectivity index (χ3n) is 3.52. The van der Waals surface area contributed by atoms with E-state index < -0.39 is 58.6 Å². The smallest absolute Gasteiger partial charge is 0.311 e. The molecule has 32 heavy (non-hydrogen) atoms. The summed E-state index contributed by atoms with van der Waals surface area (Å²) in [7, 11) is -6.94. The zero-order chi connectivity index (χ0) is 24.8. The van der Waals surface area contributed by atoms with Crippen LogP contribution < -0.4 is 0 Å². The molecular formula is C14H23F13O3Si2. The second kappa shape index (κ2) is 12.2. The average Bonchev–Trinajstić information content (AvgIpc) is 2.54. The van der Waals surface area contributed by atoms with Crippen LogP contribution in [0.4, 0.5) is 57.1 Å². The van der Waals surface area contributed by atoms with Gasteiger partial charge in [-0.2, -0.15) is 52.7 Å². The Balaban J connectivity index is 0. The van der Waals surface area contributed by atoms with E-state index >= 15 is 0 Å². The molecule has 0 aromatic heterocycles. The largest absolute Gasteiger partial charge is 0.514 e. The van der Waals surface area contributed by atoms with Crippen LogP contribution in [-0.4, -0.2) is 57.1 Å². The SMILES string of the molecule is CCCCCCCC[Si](OC(F)(F)CF)(OC(F)(F)C(F)(F)F)OC(F)(F)C(F)(F)F.[SiH4]. The van der Waals surface area contributed by atoms with E-state index in [4.69, 9.17) is 0 Å². The predicted molar refractivity (Wildman–Crippen MR) is 91.5 cm³/mol. The summed E-state index contributed by atoms with van der Waals surface area (Å²) in [5.74, 6) is 0. The van der Waals surface area contributed by atoms with Crippen molar-refractivity contribution in [1.82, 2.24) is 0 Å². The van der Waals surface area contributed by atoms with Gasteiger partial charge in [-0.1, -0.05) is 39.0 Å². The minimum Gasteiger partial charge on any atom is -0.311 e. The summed E-state index contributed by atoms with van der Waals surface area (Å²) in [5, 5.41) is 0. The minimum absolute atomic E-state index is 0. The Morgan fingerprint density at radius 2 is 0.969 bits per heavy atom. The van der Waals surface area contributed by atoms with Crippen molar-refractivity contribution in [2.45, 2.75) is 82.2 Å². The van der Waals surface area contributed by atoms with Gasteiger partial charge in [0.1, 0.15) is 0 Å². The van der Waals surface area contributed by atoms with Gasteiger partial charge in [-0.3, -0.25) is 0 Å². The fraction of sp³-hybridized carbons (Fsp3) is 1.00. The molecule has 0 aliphatic heterocycles. The molecule has 0 rings (SSSR count). The molecule has 0 saturated heterocycles. The Kier molecular flexibility index (Phi) is 12.8. The van der Waals surface area contributed by atoms with Crippen LogP contribution in [0.2, 0.25) is 6.04 Å². The van der Waals surface area contributed by atoms with Gasteiger partial charge in [-0.15, -0.1) is 0 Å². The molecule has 0 aromatic carbocycles. The van der Waals surface area contributed by atoms with Gasteiger partial charge in [0.2, 0.25) is 0 Å². The normalized spacial score (nSPS) is 14.4. The van der Waals surface area contributed by atoms with E-state index in [0.717, 1.165) is 0 Å². The highest BCUT2D eigenvalue weighted by Crippen LogP contribution is 2.46. The van der Waals surface area contributed by atoms with Crippen LogP contribution in [-0.2, 0) is 13.3 Å². The van der Waals surface area contributed by atoms with Crippen molar-refractivity contribution in [2.24, 2.45) is 0 Å². The van der Waals surface area contributed by atoms with Crippen molar-refractivity contribution in [3.63, 3.8) is 0 Å². The third kappa shape index (κ3) is 10.6. The second-order valence-electron chi connectivity index (χ2n) is 6.31. The average molecular weight is 542 g/mol. The van der Waals surface area contributed by atoms with E-state index in [2.05, 4.69) is 13.3 Å². The summed E-state index contributed by atoms with van der Waals surface area (Å²) >= 11 is 0. The summed E-state index contributed by atoms with van der Waals surface area (Å²) in [6.07, 6.45) is -30.8. The van der Waals surface area contributed by atoms with Crippen molar-refractivity contribution in [1.29, 1.82) is 0 Å². The maximum Gasteiger partial charge on any atom is 0.514 e. The van der Waals surface area contributed by atoms with E-state index in [0.29, 0.717) is 19.3 Å². The molecule has 0 unspecified atom stereocenters. The summed E-state index contributed by atoms with van der Waals surface area (Å²) in [5.41, 5.74) is 0. The maximum absolute atomic E-state index is 13.3. The zero-order valence-electron chi connectivity index (χ0n) is 15.8. The fourth-order valence-corrected chi connectivity index (χ4v) is 4.73. The highest BCUT2D eigenvalue weighted by Gasteiger charge is 2.71. The molecule has 0 amide bonds. The van der Waals surface area contributed by atoms with Crippen LogP contribution in [0.5, 0.6) is 0 Å². The predicted octanol–water partition coefficient (Wildman–Crippen LogP) is 5.76. The van der Waals surface area contributed by atoms with Gasteiger partial charge in [0.25, 0.3) is 0 Å². The van der Waals surface area contributed by atoms with Gasteiger partial charge in [0.05, 0.1) is 0 Å². The summed E-state index contributed by atoms with van der Waals surface area (Å²) in [4.78, 5) is 0. The van der Waals surface area contributed by atoms with Crippen LogP contribution in [0.25, 0.3) is 0 Å². The van der Waals surface area contributed by atoms with Gasteiger partial charge >= 0.3 is 39.5 Å². The first-order valence-electron chi connectivity index (χ1n) is 8.67. The molecular weight excluding hydrogens is 519 g/mol. The molecule has 0 radical (unpaired) electrons. The van der Waals surface area contributed by atoms with Crippen LogP contribution >= 0.6 is 0 Å². The highest BCUT2D eigenvalue weighted by atomic mass is 28.4. The van der Waals surface area contributed by atoms with Crippen LogP contribution in [0.1, 0.15) is 45.4 Å². The maximum atomic E-state index is 13.3. The number of alkyl halides is 13. The molecule has 18 heteroatoms. The molecule has 0 aromatic rings. The molecule has 0 saturated carbocycles. The molecule has 0 N–H and O–H groups in total. The number of halogens is 13. The van der Waals surface area contributed by atoms with E-state index in [9.17, 15) is 57.1 Å². The van der Waals surface area contributed by atoms with Gasteiger partial charge in [-0.05, 0) is 17.4 Å². The first-order chi connectivity index (χ1) is 13.7. The van der Waals surface area contributed by atoms with E-state index in [-0.39, 0.29) is 23.8 Å². The van der Waals surface area contributed by atoms with Gasteiger partial charge in [0, 0.05) is 6.04 Å². The van der Waals surface area contributed by atoms with Crippen LogP contribution in [0.3, 0.4) is 0 Å². The lowest BCUT2D eigenvalue weighted by atomic mass is 10.1. The van der Waals surface area contributed by atoms with Crippen molar-refractivity contribution in [2.75, 3.05) is 6.67 Å². The quantitative estimate of drug-likeness (QED) is 0.159. The molecule has 0 aliphatic carbocycles. The first kappa shape index (κ1) is 33.6. The van der Waals surface area contributed by atoms with Crippen molar-refractivity contribution < 1.29 is 70.4 Å². The van der Waals surface area contributed by atoms with Gasteiger partial charge < -0.3 is 13.3 Å². The Bertz CT molecular complexity index is 513. The molecule has 0 fully saturated rings. The lowest BCUT2D eigenvalue weighted by molar-refractivity contribution is -0.405. The van der Waals surface area contributed by atoms with Crippen molar-refractivity contribution in [3.8, 4) is 0 Å². The number of rotatable bonds is 14. The molecule has 0 aliphatic rings. The minimum atomic E-state index is -6.94. The summed E-state index contributed by atoms with van der Waals surface area (Å²) in [6, 6.07) is -1.73. The molecule has 0 spiro atoms. The topological polar surface area (TPSA) is 27.7 Å². The van der Waals surface area contributed by atoms with Gasteiger partial charge in [0.15, 0.2) is 6.67 Å². The number of unbranched alkanes of at least 4 members (excludes halogenated alkanes) is 5. The molecule has 0 heterocycles. The van der Waals surface area contributed by atoms with Crippen molar-refractivity contribution in [3.05, 3.63) is 0 Å². The van der Waals surface area contributed by atoms with E-state index in [1.54, 1.807) is 6.92 Å². The number of hydrogen-bond acceptors (Lipinski definition) is 3. The van der Waals surface area contributed by atoms with Crippen molar-refractivity contribution >= 4 is 19.8 Å². The standard InChI is InChI=1S/C14H19F13O3Si.H4Si/c1-2-3-4-5-6-7-8-31(28-10(16,17)9-15,29-13(24,25)11(18,19)20)30-14(26,27)12(21,22)23;/h2-9H2,1H3;1H4. The van der Waals surface area contributed by atoms with Crippen LogP contribution in [0, 0.1) is 0 Å². The molecule has 0 atom stereocenters. The van der Waals surface area contributed by atoms with Gasteiger partial charge in [-0.25, -0.2) is 4.39 Å². The Labute approximate surface area is 180 Å². The first-order valence-corrected chi connectivity index (χ1v) is 10.6. The zero-order valence-corrected chi connectivity index (χ0v) is 16.8. The van der Waals surface area contributed by atoms with E-state index in [1.165, 1.54) is 0 Å². The molecule has 196 valence electrons. The Hall–Kier alpha value is -0.596. The lowest BCUT2D eigenvalue weighted by Gasteiger charge is -2.37. The molecule has 3 nitrogen and oxygen atoms in total. The third-order valence-corrected chi connectivity index (χ3v) is 6.23. The van der Waals surface area contributed by atoms with E-state index in [1.807, 2.05) is 0 Å². The molecule has 0 bridgehead atoms. The highest BCUT2D eigenvalue weighted by molar-refractivity contribution is 6.61. The fourth-order valence-electron chi connectivity index (χ4n) is 2.10. The second-order valence-corrected chi connectivity index (χ2v) is 8.79. The monoisotopic (exact) mass is 542 g/mol. The summed E-state index contributed by atoms with van der Waals surface area (Å²) in [6.45, 7) is -1.19. The number of hydrogen-bond donors (Lipinski definition) is 0.